The van der Waals surface area contributed by atoms with Crippen LogP contribution in [0.4, 0.5) is 0 Å². The molecule has 1 fully saturated rings. The van der Waals surface area contributed by atoms with Crippen LogP contribution < -0.4 is 5.32 Å². The van der Waals surface area contributed by atoms with Gasteiger partial charge in [-0.1, -0.05) is 18.9 Å². The first-order valence-corrected chi connectivity index (χ1v) is 8.99. The van der Waals surface area contributed by atoms with E-state index in [0.717, 1.165) is 25.7 Å². The van der Waals surface area contributed by atoms with Gasteiger partial charge in [0.1, 0.15) is 0 Å². The molecule has 1 N–H and O–H groups in total. The fourth-order valence-electron chi connectivity index (χ4n) is 2.48. The number of nitrogens with one attached hydrogen (secondary N) is 1. The van der Waals surface area contributed by atoms with Gasteiger partial charge in [0, 0.05) is 25.2 Å². The molecule has 6 heteroatoms. The molecule has 1 aliphatic rings. The molecule has 0 aliphatic carbocycles. The maximum atomic E-state index is 12.6. The van der Waals surface area contributed by atoms with Crippen molar-refractivity contribution in [2.24, 2.45) is 0 Å². The zero-order valence-electron chi connectivity index (χ0n) is 12.6. The van der Waals surface area contributed by atoms with Crippen LogP contribution in [-0.4, -0.2) is 38.3 Å². The quantitative estimate of drug-likeness (QED) is 0.845. The highest BCUT2D eigenvalue weighted by atomic mass is 32.2. The Morgan fingerprint density at radius 2 is 1.73 bits per heavy atom. The van der Waals surface area contributed by atoms with Crippen molar-refractivity contribution in [1.29, 1.82) is 0 Å². The normalized spacial score (nSPS) is 16.7. The summed E-state index contributed by atoms with van der Waals surface area (Å²) in [6.45, 7) is 5.06. The van der Waals surface area contributed by atoms with Crippen molar-refractivity contribution in [3.63, 3.8) is 0 Å². The Hall–Kier alpha value is -1.66. The van der Waals surface area contributed by atoms with E-state index in [0.29, 0.717) is 25.2 Å². The van der Waals surface area contributed by atoms with E-state index >= 15 is 0 Å². The van der Waals surface area contributed by atoms with E-state index in [1.807, 2.05) is 0 Å². The molecule has 120 valence electrons. The van der Waals surface area contributed by atoms with Crippen molar-refractivity contribution >= 4 is 15.9 Å². The lowest BCUT2D eigenvalue weighted by Gasteiger charge is -2.20. The third kappa shape index (κ3) is 3.96. The predicted molar refractivity (Wildman–Crippen MR) is 86.2 cm³/mol. The third-order valence-electron chi connectivity index (χ3n) is 3.73. The Morgan fingerprint density at radius 1 is 1.14 bits per heavy atom. The van der Waals surface area contributed by atoms with Crippen LogP contribution in [0.25, 0.3) is 0 Å². The molecule has 0 saturated carbocycles. The van der Waals surface area contributed by atoms with Gasteiger partial charge in [0.05, 0.1) is 4.90 Å². The van der Waals surface area contributed by atoms with E-state index in [4.69, 9.17) is 0 Å². The van der Waals surface area contributed by atoms with Crippen molar-refractivity contribution < 1.29 is 13.2 Å². The first kappa shape index (κ1) is 16.7. The zero-order valence-corrected chi connectivity index (χ0v) is 13.4. The first-order chi connectivity index (χ1) is 10.6. The number of nitrogens with zero attached hydrogens (tertiary/aromatic N) is 1. The van der Waals surface area contributed by atoms with Gasteiger partial charge >= 0.3 is 0 Å². The molecule has 0 bridgehead atoms. The lowest BCUT2D eigenvalue weighted by Crippen LogP contribution is -2.32. The summed E-state index contributed by atoms with van der Waals surface area (Å²) < 4.78 is 26.8. The fourth-order valence-corrected chi connectivity index (χ4v) is 3.99. The van der Waals surface area contributed by atoms with Crippen LogP contribution in [0, 0.1) is 0 Å². The number of hydrogen-bond donors (Lipinski definition) is 1. The van der Waals surface area contributed by atoms with Gasteiger partial charge in [0.15, 0.2) is 0 Å². The molecule has 5 nitrogen and oxygen atoms in total. The number of amides is 1. The summed E-state index contributed by atoms with van der Waals surface area (Å²) in [6, 6.07) is 6.10. The van der Waals surface area contributed by atoms with Gasteiger partial charge < -0.3 is 5.32 Å². The molecule has 2 rings (SSSR count). The van der Waals surface area contributed by atoms with Crippen molar-refractivity contribution in [2.75, 3.05) is 19.6 Å². The molecule has 1 aliphatic heterocycles. The largest absolute Gasteiger partial charge is 0.349 e. The van der Waals surface area contributed by atoms with Gasteiger partial charge in [-0.2, -0.15) is 4.31 Å². The Morgan fingerprint density at radius 3 is 2.27 bits per heavy atom. The van der Waals surface area contributed by atoms with E-state index in [2.05, 4.69) is 11.9 Å². The average Bonchev–Trinajstić information content (AvgIpc) is 2.82. The highest BCUT2D eigenvalue weighted by Gasteiger charge is 2.25. The summed E-state index contributed by atoms with van der Waals surface area (Å²) >= 11 is 0. The summed E-state index contributed by atoms with van der Waals surface area (Å²) in [5.41, 5.74) is 0.441. The SMILES string of the molecule is C=CCNC(=O)c1ccc(S(=O)(=O)N2CCCCCC2)cc1. The standard InChI is InChI=1S/C16H22N2O3S/c1-2-11-17-16(19)14-7-9-15(10-8-14)22(20,21)18-12-5-3-4-6-13-18/h2,7-10H,1,3-6,11-13H2,(H,17,19). The maximum absolute atomic E-state index is 12.6. The van der Waals surface area contributed by atoms with Crippen molar-refractivity contribution in [3.8, 4) is 0 Å². The maximum Gasteiger partial charge on any atom is 0.251 e. The second kappa shape index (κ2) is 7.56. The minimum Gasteiger partial charge on any atom is -0.349 e. The minimum absolute atomic E-state index is 0.237. The molecule has 1 amide bonds. The summed E-state index contributed by atoms with van der Waals surface area (Å²) in [5.74, 6) is -0.237. The summed E-state index contributed by atoms with van der Waals surface area (Å²) in [7, 11) is -3.46. The molecular weight excluding hydrogens is 300 g/mol. The Balaban J connectivity index is 2.14. The fraction of sp³-hybridized carbons (Fsp3) is 0.438. The van der Waals surface area contributed by atoms with Gasteiger partial charge in [-0.15, -0.1) is 6.58 Å². The molecule has 1 saturated heterocycles. The predicted octanol–water partition coefficient (Wildman–Crippen LogP) is 2.17. The van der Waals surface area contributed by atoms with Crippen LogP contribution in [0.15, 0.2) is 41.8 Å². The smallest absolute Gasteiger partial charge is 0.251 e. The highest BCUT2D eigenvalue weighted by Crippen LogP contribution is 2.20. The number of sulfonamides is 1. The van der Waals surface area contributed by atoms with E-state index in [1.165, 1.54) is 12.1 Å². The third-order valence-corrected chi connectivity index (χ3v) is 5.64. The zero-order chi connectivity index (χ0) is 16.0. The number of carbonyl (C=O) groups excluding carboxylic acids is 1. The van der Waals surface area contributed by atoms with E-state index in [1.54, 1.807) is 22.5 Å². The van der Waals surface area contributed by atoms with E-state index in [-0.39, 0.29) is 10.8 Å². The molecule has 1 aromatic rings. The van der Waals surface area contributed by atoms with Crippen LogP contribution in [0.5, 0.6) is 0 Å². The minimum atomic E-state index is -3.46. The van der Waals surface area contributed by atoms with Crippen LogP contribution in [0.3, 0.4) is 0 Å². The van der Waals surface area contributed by atoms with Crippen molar-refractivity contribution in [2.45, 2.75) is 30.6 Å². The van der Waals surface area contributed by atoms with Crippen LogP contribution >= 0.6 is 0 Å². The number of benzene rings is 1. The van der Waals surface area contributed by atoms with Gasteiger partial charge in [0.2, 0.25) is 10.0 Å². The Kier molecular flexibility index (Phi) is 5.74. The van der Waals surface area contributed by atoms with Crippen LogP contribution in [0.2, 0.25) is 0 Å². The summed E-state index contributed by atoms with van der Waals surface area (Å²) in [4.78, 5) is 12.0. The first-order valence-electron chi connectivity index (χ1n) is 7.55. The molecule has 0 spiro atoms. The van der Waals surface area contributed by atoms with Gasteiger partial charge in [-0.25, -0.2) is 8.42 Å². The number of rotatable bonds is 5. The molecule has 0 atom stereocenters. The van der Waals surface area contributed by atoms with Crippen LogP contribution in [0.1, 0.15) is 36.0 Å². The molecule has 0 radical (unpaired) electrons. The summed E-state index contributed by atoms with van der Waals surface area (Å²) in [5, 5.41) is 2.66. The Labute approximate surface area is 132 Å². The van der Waals surface area contributed by atoms with Crippen molar-refractivity contribution in [1.82, 2.24) is 9.62 Å². The monoisotopic (exact) mass is 322 g/mol. The van der Waals surface area contributed by atoms with Crippen LogP contribution in [-0.2, 0) is 10.0 Å². The van der Waals surface area contributed by atoms with Gasteiger partial charge in [0.25, 0.3) is 5.91 Å². The second-order valence-corrected chi connectivity index (χ2v) is 7.28. The van der Waals surface area contributed by atoms with E-state index in [9.17, 15) is 13.2 Å². The van der Waals surface area contributed by atoms with Crippen molar-refractivity contribution in [3.05, 3.63) is 42.5 Å². The molecule has 0 aromatic heterocycles. The highest BCUT2D eigenvalue weighted by molar-refractivity contribution is 7.89. The second-order valence-electron chi connectivity index (χ2n) is 5.34. The molecule has 1 aromatic carbocycles. The molecular formula is C16H22N2O3S. The average molecular weight is 322 g/mol. The lowest BCUT2D eigenvalue weighted by atomic mass is 10.2. The van der Waals surface area contributed by atoms with Gasteiger partial charge in [-0.3, -0.25) is 4.79 Å². The number of hydrogen-bond acceptors (Lipinski definition) is 3. The molecule has 1 heterocycles. The molecule has 22 heavy (non-hydrogen) atoms. The van der Waals surface area contributed by atoms with Gasteiger partial charge in [-0.05, 0) is 37.1 Å². The van der Waals surface area contributed by atoms with E-state index < -0.39 is 10.0 Å². The Bertz CT molecular complexity index is 615. The lowest BCUT2D eigenvalue weighted by molar-refractivity contribution is 0.0958. The summed E-state index contributed by atoms with van der Waals surface area (Å²) in [6.07, 6.45) is 5.56. The topological polar surface area (TPSA) is 66.5 Å². The molecule has 0 unspecified atom stereocenters. The number of carbonyl (C=O) groups is 1.